The summed E-state index contributed by atoms with van der Waals surface area (Å²) in [7, 11) is 0. The Bertz CT molecular complexity index is 142. The fourth-order valence-corrected chi connectivity index (χ4v) is 1.26. The molecule has 0 aromatic rings. The molecule has 0 aromatic carbocycles. The number of esters is 1. The summed E-state index contributed by atoms with van der Waals surface area (Å²) >= 11 is 0. The molecule has 0 N–H and O–H groups in total. The molecule has 2 nitrogen and oxygen atoms in total. The maximum absolute atomic E-state index is 10.9. The molecule has 2 heteroatoms. The highest BCUT2D eigenvalue weighted by Gasteiger charge is 2.29. The van der Waals surface area contributed by atoms with Gasteiger partial charge in [0.05, 0.1) is 5.92 Å². The molecule has 1 aliphatic heterocycles. The summed E-state index contributed by atoms with van der Waals surface area (Å²) in [6.45, 7) is 5.99. The van der Waals surface area contributed by atoms with Gasteiger partial charge in [-0.2, -0.15) is 0 Å². The van der Waals surface area contributed by atoms with E-state index in [4.69, 9.17) is 4.74 Å². The monoisotopic (exact) mass is 142 g/mol. The van der Waals surface area contributed by atoms with Gasteiger partial charge in [-0.3, -0.25) is 4.79 Å². The second kappa shape index (κ2) is 2.60. The summed E-state index contributed by atoms with van der Waals surface area (Å²) in [5.41, 5.74) is 0. The van der Waals surface area contributed by atoms with Gasteiger partial charge in [0.1, 0.15) is 6.10 Å². The van der Waals surface area contributed by atoms with Gasteiger partial charge in [0.15, 0.2) is 0 Å². The smallest absolute Gasteiger partial charge is 0.308 e. The lowest BCUT2D eigenvalue weighted by molar-refractivity contribution is -0.162. The number of hydrogen-bond donors (Lipinski definition) is 0. The van der Waals surface area contributed by atoms with Gasteiger partial charge in [-0.05, 0) is 19.3 Å². The van der Waals surface area contributed by atoms with Crippen LogP contribution in [0.2, 0.25) is 0 Å². The molecule has 0 spiro atoms. The molecule has 3 atom stereocenters. The molecule has 0 unspecified atom stereocenters. The summed E-state index contributed by atoms with van der Waals surface area (Å²) in [6.07, 6.45) is 1.09. The second-order valence-corrected chi connectivity index (χ2v) is 3.26. The van der Waals surface area contributed by atoms with Crippen LogP contribution in [0.3, 0.4) is 0 Å². The van der Waals surface area contributed by atoms with Gasteiger partial charge in [-0.1, -0.05) is 13.8 Å². The van der Waals surface area contributed by atoms with E-state index in [9.17, 15) is 4.79 Å². The Morgan fingerprint density at radius 1 is 1.40 bits per heavy atom. The van der Waals surface area contributed by atoms with Crippen molar-refractivity contribution in [1.29, 1.82) is 0 Å². The third-order valence-electron chi connectivity index (χ3n) is 2.23. The summed E-state index contributed by atoms with van der Waals surface area (Å²) in [5, 5.41) is 0. The Labute approximate surface area is 61.6 Å². The Hall–Kier alpha value is -0.530. The van der Waals surface area contributed by atoms with Crippen LogP contribution >= 0.6 is 0 Å². The minimum Gasteiger partial charge on any atom is -0.462 e. The van der Waals surface area contributed by atoms with E-state index in [1.54, 1.807) is 0 Å². The van der Waals surface area contributed by atoms with Crippen molar-refractivity contribution in [3.8, 4) is 0 Å². The van der Waals surface area contributed by atoms with Crippen molar-refractivity contribution in [3.63, 3.8) is 0 Å². The first-order chi connectivity index (χ1) is 4.61. The molecule has 0 bridgehead atoms. The number of carbonyl (C=O) groups excluding carboxylic acids is 1. The summed E-state index contributed by atoms with van der Waals surface area (Å²) in [6, 6.07) is 0. The van der Waals surface area contributed by atoms with E-state index in [0.717, 1.165) is 6.42 Å². The van der Waals surface area contributed by atoms with E-state index >= 15 is 0 Å². The fourth-order valence-electron chi connectivity index (χ4n) is 1.26. The quantitative estimate of drug-likeness (QED) is 0.480. The zero-order chi connectivity index (χ0) is 7.72. The van der Waals surface area contributed by atoms with Crippen molar-refractivity contribution in [1.82, 2.24) is 0 Å². The lowest BCUT2D eigenvalue weighted by Crippen LogP contribution is -2.33. The van der Waals surface area contributed by atoms with Crippen molar-refractivity contribution < 1.29 is 9.53 Å². The van der Waals surface area contributed by atoms with Crippen molar-refractivity contribution in [2.75, 3.05) is 0 Å². The molecule has 0 aliphatic carbocycles. The van der Waals surface area contributed by atoms with Crippen LogP contribution in [0.25, 0.3) is 0 Å². The van der Waals surface area contributed by atoms with E-state index in [0.29, 0.717) is 5.92 Å². The number of ether oxygens (including phenoxy) is 1. The van der Waals surface area contributed by atoms with Crippen LogP contribution in [0.1, 0.15) is 27.2 Å². The second-order valence-electron chi connectivity index (χ2n) is 3.26. The largest absolute Gasteiger partial charge is 0.462 e. The van der Waals surface area contributed by atoms with Gasteiger partial charge < -0.3 is 4.74 Å². The van der Waals surface area contributed by atoms with Crippen molar-refractivity contribution >= 4 is 5.97 Å². The topological polar surface area (TPSA) is 26.3 Å². The molecule has 0 amide bonds. The van der Waals surface area contributed by atoms with E-state index in [1.165, 1.54) is 0 Å². The molecule has 0 aromatic heterocycles. The third kappa shape index (κ3) is 1.31. The summed E-state index contributed by atoms with van der Waals surface area (Å²) < 4.78 is 5.07. The SMILES string of the molecule is C[C@@H]1C[C@H](C)[C@H](C)OC1=O. The van der Waals surface area contributed by atoms with Crippen LogP contribution in [-0.2, 0) is 9.53 Å². The van der Waals surface area contributed by atoms with Crippen LogP contribution in [-0.4, -0.2) is 12.1 Å². The zero-order valence-corrected chi connectivity index (χ0v) is 6.76. The lowest BCUT2D eigenvalue weighted by Gasteiger charge is -2.29. The number of cyclic esters (lactones) is 1. The van der Waals surface area contributed by atoms with E-state index in [2.05, 4.69) is 6.92 Å². The molecule has 10 heavy (non-hydrogen) atoms. The molecule has 1 rings (SSSR count). The number of carbonyl (C=O) groups is 1. The highest BCUT2D eigenvalue weighted by molar-refractivity contribution is 5.72. The molecule has 1 saturated heterocycles. The molecular formula is C8H14O2. The van der Waals surface area contributed by atoms with Gasteiger partial charge in [-0.15, -0.1) is 0 Å². The number of hydrogen-bond acceptors (Lipinski definition) is 2. The van der Waals surface area contributed by atoms with Crippen molar-refractivity contribution in [3.05, 3.63) is 0 Å². The predicted molar refractivity (Wildman–Crippen MR) is 38.5 cm³/mol. The molecule has 1 aliphatic rings. The van der Waals surface area contributed by atoms with Gasteiger partial charge in [0, 0.05) is 0 Å². The van der Waals surface area contributed by atoms with Gasteiger partial charge in [0.2, 0.25) is 0 Å². The highest BCUT2D eigenvalue weighted by atomic mass is 16.5. The van der Waals surface area contributed by atoms with Gasteiger partial charge >= 0.3 is 5.97 Å². The van der Waals surface area contributed by atoms with Crippen LogP contribution in [0.5, 0.6) is 0 Å². The van der Waals surface area contributed by atoms with E-state index < -0.39 is 0 Å². The third-order valence-corrected chi connectivity index (χ3v) is 2.23. The Morgan fingerprint density at radius 3 is 2.50 bits per heavy atom. The molecule has 1 fully saturated rings. The predicted octanol–water partition coefficient (Wildman–Crippen LogP) is 1.59. The maximum atomic E-state index is 10.9. The highest BCUT2D eigenvalue weighted by Crippen LogP contribution is 2.24. The minimum absolute atomic E-state index is 0.0365. The van der Waals surface area contributed by atoms with Crippen molar-refractivity contribution in [2.45, 2.75) is 33.3 Å². The Kier molecular flexibility index (Phi) is 1.97. The van der Waals surface area contributed by atoms with Crippen LogP contribution in [0.15, 0.2) is 0 Å². The van der Waals surface area contributed by atoms with Crippen molar-refractivity contribution in [2.24, 2.45) is 11.8 Å². The summed E-state index contributed by atoms with van der Waals surface area (Å²) in [5.74, 6) is 0.587. The minimum atomic E-state index is -0.0365. The Balaban J connectivity index is 2.54. The maximum Gasteiger partial charge on any atom is 0.308 e. The normalized spacial score (nSPS) is 41.1. The molecular weight excluding hydrogens is 128 g/mol. The van der Waals surface area contributed by atoms with Crippen LogP contribution < -0.4 is 0 Å². The average Bonchev–Trinajstić information content (AvgIpc) is 1.84. The molecule has 0 radical (unpaired) electrons. The van der Waals surface area contributed by atoms with Crippen LogP contribution in [0.4, 0.5) is 0 Å². The number of rotatable bonds is 0. The first-order valence-corrected chi connectivity index (χ1v) is 3.81. The summed E-state index contributed by atoms with van der Waals surface area (Å²) in [4.78, 5) is 10.9. The van der Waals surface area contributed by atoms with Gasteiger partial charge in [-0.25, -0.2) is 0 Å². The average molecular weight is 142 g/mol. The van der Waals surface area contributed by atoms with E-state index in [1.807, 2.05) is 13.8 Å². The Morgan fingerprint density at radius 2 is 2.00 bits per heavy atom. The molecule has 1 heterocycles. The fraction of sp³-hybridized carbons (Fsp3) is 0.875. The van der Waals surface area contributed by atoms with Gasteiger partial charge in [0.25, 0.3) is 0 Å². The van der Waals surface area contributed by atoms with E-state index in [-0.39, 0.29) is 18.0 Å². The molecule has 58 valence electrons. The van der Waals surface area contributed by atoms with Crippen LogP contribution in [0, 0.1) is 11.8 Å². The first-order valence-electron chi connectivity index (χ1n) is 3.81. The zero-order valence-electron chi connectivity index (χ0n) is 6.76. The standard InChI is InChI=1S/C8H14O2/c1-5-4-6(2)8(9)10-7(5)3/h5-7H,4H2,1-3H3/t5-,6+,7-/m0/s1. The molecule has 0 saturated carbocycles. The lowest BCUT2D eigenvalue weighted by atomic mass is 9.91. The first kappa shape index (κ1) is 7.58.